The van der Waals surface area contributed by atoms with Gasteiger partial charge in [-0.25, -0.2) is 13.1 Å². The number of hydrogen-bond donors (Lipinski definition) is 1. The van der Waals surface area contributed by atoms with Gasteiger partial charge in [-0.05, 0) is 68.3 Å². The zero-order chi connectivity index (χ0) is 24.8. The molecule has 0 bridgehead atoms. The Morgan fingerprint density at radius 3 is 2.26 bits per heavy atom. The van der Waals surface area contributed by atoms with E-state index in [1.807, 2.05) is 19.2 Å². The molecule has 0 saturated heterocycles. The monoisotopic (exact) mass is 494 g/mol. The van der Waals surface area contributed by atoms with Crippen molar-refractivity contribution in [3.05, 3.63) is 65.4 Å². The van der Waals surface area contributed by atoms with Crippen molar-refractivity contribution in [2.75, 3.05) is 38.4 Å². The molecule has 0 spiro atoms. The third-order valence-electron chi connectivity index (χ3n) is 7.27. The van der Waals surface area contributed by atoms with Crippen LogP contribution in [-0.4, -0.2) is 57.6 Å². The summed E-state index contributed by atoms with van der Waals surface area (Å²) in [7, 11) is -0.0516. The van der Waals surface area contributed by atoms with Crippen molar-refractivity contribution in [1.29, 1.82) is 0 Å². The number of benzene rings is 2. The Labute approximate surface area is 205 Å². The van der Waals surface area contributed by atoms with E-state index < -0.39 is 9.84 Å². The topological polar surface area (TPSA) is 93.5 Å². The van der Waals surface area contributed by atoms with Gasteiger partial charge in [-0.1, -0.05) is 18.6 Å². The zero-order valence-corrected chi connectivity index (χ0v) is 21.1. The standard InChI is InChI=1S/C26H30N4O4S/c1-27-17-26(14-4-15-26)18-5-7-19(8-6-18)29-16-13-22-23(25(29)31)30(28-24(22)35(3,32)33)20-9-11-21(34-2)12-10-20/h5-12,27H,4,13-17H2,1-3H3. The fraction of sp³-hybridized carbons (Fsp3) is 0.385. The molecule has 184 valence electrons. The minimum absolute atomic E-state index is 0.0364. The van der Waals surface area contributed by atoms with Crippen LogP contribution in [-0.2, 0) is 21.7 Å². The van der Waals surface area contributed by atoms with Crippen molar-refractivity contribution in [1.82, 2.24) is 15.1 Å². The summed E-state index contributed by atoms with van der Waals surface area (Å²) in [4.78, 5) is 15.5. The van der Waals surface area contributed by atoms with Gasteiger partial charge < -0.3 is 15.0 Å². The molecule has 8 nitrogen and oxygen atoms in total. The van der Waals surface area contributed by atoms with Gasteiger partial charge >= 0.3 is 0 Å². The quantitative estimate of drug-likeness (QED) is 0.543. The summed E-state index contributed by atoms with van der Waals surface area (Å²) in [5.74, 6) is 0.402. The molecule has 0 atom stereocenters. The second-order valence-corrected chi connectivity index (χ2v) is 11.4. The third-order valence-corrected chi connectivity index (χ3v) is 8.30. The Hall–Kier alpha value is -3.17. The molecule has 1 amide bonds. The largest absolute Gasteiger partial charge is 0.497 e. The summed E-state index contributed by atoms with van der Waals surface area (Å²) in [6, 6.07) is 15.3. The number of rotatable bonds is 7. The number of hydrogen-bond acceptors (Lipinski definition) is 6. The molecule has 1 aliphatic heterocycles. The fourth-order valence-electron chi connectivity index (χ4n) is 5.29. The zero-order valence-electron chi connectivity index (χ0n) is 20.2. The van der Waals surface area contributed by atoms with Gasteiger partial charge in [0.2, 0.25) is 0 Å². The van der Waals surface area contributed by atoms with E-state index in [-0.39, 0.29) is 22.0 Å². The summed E-state index contributed by atoms with van der Waals surface area (Å²) in [5, 5.41) is 7.67. The number of amides is 1. The molecule has 0 unspecified atom stereocenters. The van der Waals surface area contributed by atoms with Crippen LogP contribution < -0.4 is 15.0 Å². The summed E-state index contributed by atoms with van der Waals surface area (Å²) in [5.41, 5.74) is 3.62. The van der Waals surface area contributed by atoms with E-state index in [4.69, 9.17) is 4.74 Å². The van der Waals surface area contributed by atoms with E-state index in [0.717, 1.165) is 31.3 Å². The van der Waals surface area contributed by atoms with Crippen molar-refractivity contribution in [2.45, 2.75) is 36.1 Å². The molecule has 2 aromatic carbocycles. The molecule has 0 radical (unpaired) electrons. The SMILES string of the molecule is CNCC1(c2ccc(N3CCc4c(S(C)(=O)=O)nn(-c5ccc(OC)cc5)c4C3=O)cc2)CCC1. The number of sulfone groups is 1. The normalized spacial score (nSPS) is 17.1. The highest BCUT2D eigenvalue weighted by Crippen LogP contribution is 2.43. The minimum atomic E-state index is -3.61. The highest BCUT2D eigenvalue weighted by molar-refractivity contribution is 7.90. The average Bonchev–Trinajstić information content (AvgIpc) is 3.23. The van der Waals surface area contributed by atoms with E-state index >= 15 is 0 Å². The summed E-state index contributed by atoms with van der Waals surface area (Å²) < 4.78 is 31.7. The lowest BCUT2D eigenvalue weighted by molar-refractivity contribution is 0.0973. The molecule has 5 rings (SSSR count). The van der Waals surface area contributed by atoms with Gasteiger partial charge in [0.15, 0.2) is 14.9 Å². The van der Waals surface area contributed by atoms with Crippen LogP contribution in [0.15, 0.2) is 53.6 Å². The number of likely N-dealkylation sites (N-methyl/N-ethyl adjacent to an activating group) is 1. The molecule has 9 heteroatoms. The first-order valence-corrected chi connectivity index (χ1v) is 13.7. The van der Waals surface area contributed by atoms with E-state index in [0.29, 0.717) is 30.0 Å². The van der Waals surface area contributed by atoms with E-state index in [1.54, 1.807) is 36.3 Å². The Morgan fingerprint density at radius 2 is 1.71 bits per heavy atom. The highest BCUT2D eigenvalue weighted by Gasteiger charge is 2.39. The van der Waals surface area contributed by atoms with E-state index in [9.17, 15) is 13.2 Å². The third kappa shape index (κ3) is 4.02. The predicted octanol–water partition coefficient (Wildman–Crippen LogP) is 3.13. The lowest BCUT2D eigenvalue weighted by atomic mass is 9.64. The average molecular weight is 495 g/mol. The number of carbonyl (C=O) groups is 1. The highest BCUT2D eigenvalue weighted by atomic mass is 32.2. The fourth-order valence-corrected chi connectivity index (χ4v) is 6.16. The van der Waals surface area contributed by atoms with Crippen molar-refractivity contribution >= 4 is 21.4 Å². The van der Waals surface area contributed by atoms with Crippen molar-refractivity contribution in [3.8, 4) is 11.4 Å². The van der Waals surface area contributed by atoms with Crippen LogP contribution >= 0.6 is 0 Å². The number of aromatic nitrogens is 2. The van der Waals surface area contributed by atoms with Crippen molar-refractivity contribution in [2.24, 2.45) is 0 Å². The summed E-state index contributed by atoms with van der Waals surface area (Å²) >= 11 is 0. The molecule has 1 fully saturated rings. The Balaban J connectivity index is 1.53. The van der Waals surface area contributed by atoms with Gasteiger partial charge in [-0.15, -0.1) is 0 Å². The smallest absolute Gasteiger partial charge is 0.277 e. The first kappa shape index (κ1) is 23.6. The van der Waals surface area contributed by atoms with Crippen LogP contribution in [0, 0.1) is 0 Å². The molecule has 1 N–H and O–H groups in total. The first-order chi connectivity index (χ1) is 16.8. The molecular formula is C26H30N4O4S. The number of methoxy groups -OCH3 is 1. The maximum Gasteiger partial charge on any atom is 0.277 e. The molecule has 2 heterocycles. The maximum absolute atomic E-state index is 13.8. The molecular weight excluding hydrogens is 464 g/mol. The Bertz CT molecular complexity index is 1360. The number of carbonyl (C=O) groups excluding carboxylic acids is 1. The number of fused-ring (bicyclic) bond motifs is 1. The number of ether oxygens (including phenoxy) is 1. The molecule has 2 aliphatic rings. The molecule has 3 aromatic rings. The van der Waals surface area contributed by atoms with Gasteiger partial charge in [0.1, 0.15) is 11.4 Å². The summed E-state index contributed by atoms with van der Waals surface area (Å²) in [6.45, 7) is 1.33. The lowest BCUT2D eigenvalue weighted by Gasteiger charge is -2.42. The van der Waals surface area contributed by atoms with Crippen LogP contribution in [0.4, 0.5) is 5.69 Å². The molecule has 1 aromatic heterocycles. The van der Waals surface area contributed by atoms with Crippen molar-refractivity contribution in [3.63, 3.8) is 0 Å². The van der Waals surface area contributed by atoms with Gasteiger partial charge in [0.05, 0.1) is 12.8 Å². The van der Waals surface area contributed by atoms with Crippen LogP contribution in [0.5, 0.6) is 5.75 Å². The molecule has 1 aliphatic carbocycles. The number of nitrogens with one attached hydrogen (secondary N) is 1. The first-order valence-electron chi connectivity index (χ1n) is 11.8. The van der Waals surface area contributed by atoms with Crippen LogP contribution in [0.2, 0.25) is 0 Å². The molecule has 1 saturated carbocycles. The van der Waals surface area contributed by atoms with Crippen molar-refractivity contribution < 1.29 is 17.9 Å². The Kier molecular flexibility index (Phi) is 5.93. The lowest BCUT2D eigenvalue weighted by Crippen LogP contribution is -2.43. The summed E-state index contributed by atoms with van der Waals surface area (Å²) in [6.07, 6.45) is 5.09. The van der Waals surface area contributed by atoms with Crippen LogP contribution in [0.1, 0.15) is 40.9 Å². The van der Waals surface area contributed by atoms with Crippen LogP contribution in [0.3, 0.4) is 0 Å². The van der Waals surface area contributed by atoms with Gasteiger partial charge in [-0.2, -0.15) is 5.10 Å². The predicted molar refractivity (Wildman–Crippen MR) is 135 cm³/mol. The van der Waals surface area contributed by atoms with Crippen LogP contribution in [0.25, 0.3) is 5.69 Å². The second-order valence-electron chi connectivity index (χ2n) is 9.43. The number of nitrogens with zero attached hydrogens (tertiary/aromatic N) is 3. The second kappa shape index (κ2) is 8.80. The van der Waals surface area contributed by atoms with Gasteiger partial charge in [-0.3, -0.25) is 4.79 Å². The van der Waals surface area contributed by atoms with Gasteiger partial charge in [0, 0.05) is 36.0 Å². The van der Waals surface area contributed by atoms with E-state index in [2.05, 4.69) is 22.5 Å². The maximum atomic E-state index is 13.8. The minimum Gasteiger partial charge on any atom is -0.497 e. The Morgan fingerprint density at radius 1 is 1.06 bits per heavy atom. The molecule has 35 heavy (non-hydrogen) atoms. The number of anilines is 1. The van der Waals surface area contributed by atoms with Gasteiger partial charge in [0.25, 0.3) is 5.91 Å². The van der Waals surface area contributed by atoms with E-state index in [1.165, 1.54) is 16.7 Å².